The van der Waals surface area contributed by atoms with E-state index in [1.165, 1.54) is 12.1 Å². The second-order valence-corrected chi connectivity index (χ2v) is 6.39. The Hall–Kier alpha value is -1.46. The zero-order valence-corrected chi connectivity index (χ0v) is 12.7. The van der Waals surface area contributed by atoms with Crippen LogP contribution in [0.3, 0.4) is 0 Å². The Morgan fingerprint density at radius 3 is 2.41 bits per heavy atom. The van der Waals surface area contributed by atoms with E-state index in [0.717, 1.165) is 38.0 Å². The van der Waals surface area contributed by atoms with Crippen molar-refractivity contribution in [3.05, 3.63) is 35.6 Å². The molecule has 0 radical (unpaired) electrons. The number of carbonyl (C=O) groups excluding carboxylic acids is 1. The maximum absolute atomic E-state index is 12.9. The Kier molecular flexibility index (Phi) is 4.74. The maximum atomic E-state index is 12.9. The number of halogens is 1. The van der Waals surface area contributed by atoms with E-state index in [2.05, 4.69) is 4.90 Å². The summed E-state index contributed by atoms with van der Waals surface area (Å²) in [6.45, 7) is 3.78. The summed E-state index contributed by atoms with van der Waals surface area (Å²) in [5.74, 6) is 0.311. The SMILES string of the molecule is O=C(Cc1ccc(F)cc1)N1CCN(C[C@@H](O)C2CC2)CC1. The first-order valence-electron chi connectivity index (χ1n) is 8.04. The van der Waals surface area contributed by atoms with Gasteiger partial charge in [-0.2, -0.15) is 0 Å². The van der Waals surface area contributed by atoms with E-state index < -0.39 is 0 Å². The molecule has 1 aliphatic heterocycles. The lowest BCUT2D eigenvalue weighted by molar-refractivity contribution is -0.132. The molecule has 1 N–H and O–H groups in total. The Labute approximate surface area is 130 Å². The highest BCUT2D eigenvalue weighted by Crippen LogP contribution is 2.32. The lowest BCUT2D eigenvalue weighted by Crippen LogP contribution is -2.51. The van der Waals surface area contributed by atoms with Gasteiger partial charge in [0, 0.05) is 32.7 Å². The second kappa shape index (κ2) is 6.75. The molecule has 1 amide bonds. The van der Waals surface area contributed by atoms with Gasteiger partial charge in [-0.25, -0.2) is 4.39 Å². The minimum Gasteiger partial charge on any atom is -0.392 e. The summed E-state index contributed by atoms with van der Waals surface area (Å²) in [7, 11) is 0. The third kappa shape index (κ3) is 4.05. The molecule has 1 heterocycles. The van der Waals surface area contributed by atoms with Gasteiger partial charge in [-0.05, 0) is 36.5 Å². The van der Waals surface area contributed by atoms with Crippen molar-refractivity contribution < 1.29 is 14.3 Å². The van der Waals surface area contributed by atoms with Crippen molar-refractivity contribution in [2.45, 2.75) is 25.4 Å². The Morgan fingerprint density at radius 2 is 1.82 bits per heavy atom. The highest BCUT2D eigenvalue weighted by Gasteiger charge is 2.32. The van der Waals surface area contributed by atoms with Gasteiger partial charge in [0.1, 0.15) is 5.82 Å². The molecule has 0 unspecified atom stereocenters. The molecular weight excluding hydrogens is 283 g/mol. The van der Waals surface area contributed by atoms with Crippen molar-refractivity contribution in [3.63, 3.8) is 0 Å². The van der Waals surface area contributed by atoms with Gasteiger partial charge in [0.2, 0.25) is 5.91 Å². The van der Waals surface area contributed by atoms with Crippen LogP contribution in [0.2, 0.25) is 0 Å². The number of aliphatic hydroxyl groups is 1. The van der Waals surface area contributed by atoms with Gasteiger partial charge in [0.05, 0.1) is 12.5 Å². The van der Waals surface area contributed by atoms with E-state index in [-0.39, 0.29) is 17.8 Å². The average molecular weight is 306 g/mol. The Bertz CT molecular complexity index is 508. The molecular formula is C17H23FN2O2. The van der Waals surface area contributed by atoms with Crippen LogP contribution in [0, 0.1) is 11.7 Å². The summed E-state index contributed by atoms with van der Waals surface area (Å²) >= 11 is 0. The smallest absolute Gasteiger partial charge is 0.227 e. The Balaban J connectivity index is 1.44. The minimum atomic E-state index is -0.279. The molecule has 120 valence electrons. The maximum Gasteiger partial charge on any atom is 0.227 e. The molecule has 3 rings (SSSR count). The van der Waals surface area contributed by atoms with Crippen LogP contribution in [-0.4, -0.2) is 59.6 Å². The molecule has 2 aliphatic rings. The lowest BCUT2D eigenvalue weighted by Gasteiger charge is -2.35. The zero-order chi connectivity index (χ0) is 15.5. The van der Waals surface area contributed by atoms with E-state index in [1.807, 2.05) is 4.90 Å². The van der Waals surface area contributed by atoms with E-state index in [4.69, 9.17) is 0 Å². The fourth-order valence-corrected chi connectivity index (χ4v) is 2.96. The summed E-state index contributed by atoms with van der Waals surface area (Å²) in [6, 6.07) is 6.10. The minimum absolute atomic E-state index is 0.0917. The average Bonchev–Trinajstić information content (AvgIpc) is 3.35. The second-order valence-electron chi connectivity index (χ2n) is 6.39. The van der Waals surface area contributed by atoms with Crippen molar-refractivity contribution >= 4 is 5.91 Å². The largest absolute Gasteiger partial charge is 0.392 e. The highest BCUT2D eigenvalue weighted by molar-refractivity contribution is 5.78. The molecule has 5 heteroatoms. The van der Waals surface area contributed by atoms with E-state index in [0.29, 0.717) is 25.4 Å². The third-order valence-electron chi connectivity index (χ3n) is 4.61. The summed E-state index contributed by atoms with van der Waals surface area (Å²) in [5.41, 5.74) is 0.845. The van der Waals surface area contributed by atoms with Gasteiger partial charge in [0.25, 0.3) is 0 Å². The third-order valence-corrected chi connectivity index (χ3v) is 4.61. The molecule has 2 fully saturated rings. The molecule has 22 heavy (non-hydrogen) atoms. The van der Waals surface area contributed by atoms with Crippen molar-refractivity contribution in [3.8, 4) is 0 Å². The molecule has 1 saturated heterocycles. The number of β-amino-alcohol motifs (C(OH)–C–C–N with tert-alkyl or cyclic N) is 1. The number of rotatable bonds is 5. The normalized spacial score (nSPS) is 20.9. The zero-order valence-electron chi connectivity index (χ0n) is 12.7. The molecule has 0 bridgehead atoms. The lowest BCUT2D eigenvalue weighted by atomic mass is 10.1. The summed E-state index contributed by atoms with van der Waals surface area (Å²) < 4.78 is 12.9. The number of carbonyl (C=O) groups is 1. The molecule has 1 saturated carbocycles. The number of piperazine rings is 1. The summed E-state index contributed by atoms with van der Waals surface area (Å²) in [5, 5.41) is 9.98. The topological polar surface area (TPSA) is 43.8 Å². The Morgan fingerprint density at radius 1 is 1.18 bits per heavy atom. The number of amides is 1. The molecule has 0 aromatic heterocycles. The molecule has 4 nitrogen and oxygen atoms in total. The first-order chi connectivity index (χ1) is 10.6. The van der Waals surface area contributed by atoms with Crippen molar-refractivity contribution in [2.24, 2.45) is 5.92 Å². The van der Waals surface area contributed by atoms with Gasteiger partial charge >= 0.3 is 0 Å². The standard InChI is InChI=1S/C17H23FN2O2/c18-15-5-1-13(2-6-15)11-17(22)20-9-7-19(8-10-20)12-16(21)14-3-4-14/h1-2,5-6,14,16,21H,3-4,7-12H2/t16-/m1/s1. The number of hydrogen-bond acceptors (Lipinski definition) is 3. The first-order valence-corrected chi connectivity index (χ1v) is 8.04. The van der Waals surface area contributed by atoms with E-state index in [1.54, 1.807) is 12.1 Å². The fraction of sp³-hybridized carbons (Fsp3) is 0.588. The number of nitrogens with zero attached hydrogens (tertiary/aromatic N) is 2. The van der Waals surface area contributed by atoms with Crippen LogP contribution in [0.25, 0.3) is 0 Å². The molecule has 0 spiro atoms. The monoisotopic (exact) mass is 306 g/mol. The van der Waals surface area contributed by atoms with Crippen LogP contribution in [0.4, 0.5) is 4.39 Å². The first kappa shape index (κ1) is 15.4. The predicted molar refractivity (Wildman–Crippen MR) is 81.9 cm³/mol. The van der Waals surface area contributed by atoms with Gasteiger partial charge < -0.3 is 10.0 Å². The van der Waals surface area contributed by atoms with Crippen LogP contribution < -0.4 is 0 Å². The van der Waals surface area contributed by atoms with Crippen molar-refractivity contribution in [1.82, 2.24) is 9.80 Å². The molecule has 1 atom stereocenters. The van der Waals surface area contributed by atoms with Crippen LogP contribution >= 0.6 is 0 Å². The molecule has 1 aromatic carbocycles. The number of hydrogen-bond donors (Lipinski definition) is 1. The van der Waals surface area contributed by atoms with E-state index >= 15 is 0 Å². The van der Waals surface area contributed by atoms with Crippen LogP contribution in [-0.2, 0) is 11.2 Å². The molecule has 1 aliphatic carbocycles. The van der Waals surface area contributed by atoms with Gasteiger partial charge in [0.15, 0.2) is 0 Å². The number of benzene rings is 1. The number of aliphatic hydroxyl groups excluding tert-OH is 1. The van der Waals surface area contributed by atoms with E-state index in [9.17, 15) is 14.3 Å². The fourth-order valence-electron chi connectivity index (χ4n) is 2.96. The van der Waals surface area contributed by atoms with Crippen LogP contribution in [0.1, 0.15) is 18.4 Å². The highest BCUT2D eigenvalue weighted by atomic mass is 19.1. The quantitative estimate of drug-likeness (QED) is 0.891. The van der Waals surface area contributed by atoms with Gasteiger partial charge in [-0.15, -0.1) is 0 Å². The summed E-state index contributed by atoms with van der Waals surface area (Å²) in [4.78, 5) is 16.4. The van der Waals surface area contributed by atoms with Crippen LogP contribution in [0.5, 0.6) is 0 Å². The molecule has 1 aromatic rings. The van der Waals surface area contributed by atoms with Crippen molar-refractivity contribution in [2.75, 3.05) is 32.7 Å². The van der Waals surface area contributed by atoms with Gasteiger partial charge in [-0.1, -0.05) is 12.1 Å². The van der Waals surface area contributed by atoms with Gasteiger partial charge in [-0.3, -0.25) is 9.69 Å². The summed E-state index contributed by atoms with van der Waals surface area (Å²) in [6.07, 6.45) is 2.42. The van der Waals surface area contributed by atoms with Crippen LogP contribution in [0.15, 0.2) is 24.3 Å². The van der Waals surface area contributed by atoms with Crippen molar-refractivity contribution in [1.29, 1.82) is 0 Å². The predicted octanol–water partition coefficient (Wildman–Crippen LogP) is 1.28.